The summed E-state index contributed by atoms with van der Waals surface area (Å²) in [6.45, 7) is 8.29. The number of ether oxygens (including phenoxy) is 1. The van der Waals surface area contributed by atoms with Gasteiger partial charge in [-0.15, -0.1) is 0 Å². The number of benzene rings is 1. The highest BCUT2D eigenvalue weighted by Gasteiger charge is 2.12. The summed E-state index contributed by atoms with van der Waals surface area (Å²) in [5.41, 5.74) is 4.66. The molecule has 1 N–H and O–H groups in total. The van der Waals surface area contributed by atoms with Crippen LogP contribution >= 0.6 is 0 Å². The first kappa shape index (κ1) is 18.8. The molecule has 1 aromatic heterocycles. The monoisotopic (exact) mass is 343 g/mol. The maximum Gasteiger partial charge on any atom is 0.193 e. The Bertz CT molecular complexity index is 718. The first-order valence-electron chi connectivity index (χ1n) is 8.58. The van der Waals surface area contributed by atoms with Gasteiger partial charge in [0.2, 0.25) is 0 Å². The number of hydrogen-bond acceptors (Lipinski definition) is 3. The van der Waals surface area contributed by atoms with Gasteiger partial charge in [0.15, 0.2) is 5.96 Å². The molecule has 136 valence electrons. The highest BCUT2D eigenvalue weighted by atomic mass is 16.5. The van der Waals surface area contributed by atoms with Gasteiger partial charge in [-0.3, -0.25) is 9.67 Å². The van der Waals surface area contributed by atoms with Crippen LogP contribution in [0.15, 0.2) is 29.3 Å². The molecule has 2 aromatic rings. The number of hydrogen-bond donors (Lipinski definition) is 1. The van der Waals surface area contributed by atoms with E-state index in [2.05, 4.69) is 39.4 Å². The third-order valence-corrected chi connectivity index (χ3v) is 4.31. The molecule has 0 aliphatic heterocycles. The smallest absolute Gasteiger partial charge is 0.193 e. The second kappa shape index (κ2) is 8.55. The molecular weight excluding hydrogens is 314 g/mol. The third kappa shape index (κ3) is 4.75. The molecule has 0 aliphatic carbocycles. The van der Waals surface area contributed by atoms with Crippen molar-refractivity contribution in [2.75, 3.05) is 20.7 Å². The molecule has 0 bridgehead atoms. The van der Waals surface area contributed by atoms with Gasteiger partial charge in [0.25, 0.3) is 0 Å². The van der Waals surface area contributed by atoms with Crippen LogP contribution < -0.4 is 10.1 Å². The van der Waals surface area contributed by atoms with E-state index in [1.165, 1.54) is 16.8 Å². The van der Waals surface area contributed by atoms with Crippen molar-refractivity contribution in [3.63, 3.8) is 0 Å². The van der Waals surface area contributed by atoms with E-state index < -0.39 is 0 Å². The van der Waals surface area contributed by atoms with Crippen molar-refractivity contribution in [2.24, 2.45) is 12.0 Å². The predicted octanol–water partition coefficient (Wildman–Crippen LogP) is 2.64. The Labute approximate surface area is 150 Å². The van der Waals surface area contributed by atoms with Crippen LogP contribution in [0.1, 0.15) is 29.4 Å². The number of aliphatic imine (C=N–C) groups is 1. The first-order valence-corrected chi connectivity index (χ1v) is 8.58. The SMILES string of the molecule is CCOc1ccc(CN(C)C(=NC)NCc2c(C)nn(C)c2C)cc1. The van der Waals surface area contributed by atoms with Gasteiger partial charge < -0.3 is 15.0 Å². The molecule has 1 aromatic carbocycles. The number of rotatable bonds is 6. The predicted molar refractivity (Wildman–Crippen MR) is 102 cm³/mol. The lowest BCUT2D eigenvalue weighted by Gasteiger charge is -2.22. The van der Waals surface area contributed by atoms with Crippen LogP contribution in [0.5, 0.6) is 5.75 Å². The van der Waals surface area contributed by atoms with Gasteiger partial charge in [-0.05, 0) is 38.5 Å². The fourth-order valence-corrected chi connectivity index (χ4v) is 2.83. The Hall–Kier alpha value is -2.50. The lowest BCUT2D eigenvalue weighted by atomic mass is 10.2. The molecular formula is C19H29N5O. The van der Waals surface area contributed by atoms with Gasteiger partial charge >= 0.3 is 0 Å². The third-order valence-electron chi connectivity index (χ3n) is 4.31. The van der Waals surface area contributed by atoms with E-state index in [1.807, 2.05) is 44.8 Å². The molecule has 0 amide bonds. The van der Waals surface area contributed by atoms with Gasteiger partial charge in [0, 0.05) is 45.5 Å². The maximum absolute atomic E-state index is 5.49. The quantitative estimate of drug-likeness (QED) is 0.647. The van der Waals surface area contributed by atoms with Gasteiger partial charge in [-0.25, -0.2) is 0 Å². The van der Waals surface area contributed by atoms with Crippen LogP contribution in [0, 0.1) is 13.8 Å². The molecule has 0 radical (unpaired) electrons. The molecule has 0 saturated carbocycles. The summed E-state index contributed by atoms with van der Waals surface area (Å²) in [6.07, 6.45) is 0. The van der Waals surface area contributed by atoms with Gasteiger partial charge in [-0.2, -0.15) is 5.10 Å². The van der Waals surface area contributed by atoms with Crippen LogP contribution in [-0.2, 0) is 20.1 Å². The standard InChI is InChI=1S/C19H29N5O/c1-7-25-17-10-8-16(9-11-17)13-23(5)19(20-4)21-12-18-14(2)22-24(6)15(18)3/h8-11H,7,12-13H2,1-6H3,(H,20,21). The number of nitrogens with zero attached hydrogens (tertiary/aromatic N) is 4. The Kier molecular flexibility index (Phi) is 6.44. The molecule has 1 heterocycles. The Morgan fingerprint density at radius 3 is 2.48 bits per heavy atom. The van der Waals surface area contributed by atoms with Crippen LogP contribution in [-0.4, -0.2) is 41.3 Å². The summed E-state index contributed by atoms with van der Waals surface area (Å²) in [7, 11) is 5.81. The fourth-order valence-electron chi connectivity index (χ4n) is 2.83. The van der Waals surface area contributed by atoms with Crippen molar-refractivity contribution in [3.8, 4) is 5.75 Å². The zero-order valence-corrected chi connectivity index (χ0v) is 16.1. The molecule has 0 aliphatic rings. The highest BCUT2D eigenvalue weighted by Crippen LogP contribution is 2.14. The molecule has 0 spiro atoms. The molecule has 6 nitrogen and oxygen atoms in total. The van der Waals surface area contributed by atoms with Crippen LogP contribution in [0.2, 0.25) is 0 Å². The summed E-state index contributed by atoms with van der Waals surface area (Å²) >= 11 is 0. The average Bonchev–Trinajstić information content (AvgIpc) is 2.83. The van der Waals surface area contributed by atoms with Crippen LogP contribution in [0.25, 0.3) is 0 Å². The van der Waals surface area contributed by atoms with E-state index in [0.717, 1.165) is 23.9 Å². The normalized spacial score (nSPS) is 11.5. The Balaban J connectivity index is 1.97. The van der Waals surface area contributed by atoms with Gasteiger partial charge in [0.05, 0.1) is 12.3 Å². The molecule has 0 saturated heterocycles. The van der Waals surface area contributed by atoms with E-state index in [0.29, 0.717) is 13.2 Å². The number of aromatic nitrogens is 2. The summed E-state index contributed by atoms with van der Waals surface area (Å²) in [4.78, 5) is 6.50. The van der Waals surface area contributed by atoms with E-state index >= 15 is 0 Å². The summed E-state index contributed by atoms with van der Waals surface area (Å²) < 4.78 is 7.40. The summed E-state index contributed by atoms with van der Waals surface area (Å²) in [6, 6.07) is 8.19. The first-order chi connectivity index (χ1) is 12.0. The minimum atomic E-state index is 0.684. The molecule has 6 heteroatoms. The lowest BCUT2D eigenvalue weighted by Crippen LogP contribution is -2.38. The minimum absolute atomic E-state index is 0.684. The zero-order valence-electron chi connectivity index (χ0n) is 16.1. The summed E-state index contributed by atoms with van der Waals surface area (Å²) in [5.74, 6) is 1.76. The number of guanidine groups is 1. The largest absolute Gasteiger partial charge is 0.494 e. The van der Waals surface area contributed by atoms with Crippen molar-refractivity contribution < 1.29 is 4.74 Å². The minimum Gasteiger partial charge on any atom is -0.494 e. The summed E-state index contributed by atoms with van der Waals surface area (Å²) in [5, 5.41) is 7.89. The Morgan fingerprint density at radius 1 is 1.28 bits per heavy atom. The van der Waals surface area contributed by atoms with Gasteiger partial charge in [-0.1, -0.05) is 12.1 Å². The molecule has 25 heavy (non-hydrogen) atoms. The highest BCUT2D eigenvalue weighted by molar-refractivity contribution is 5.79. The van der Waals surface area contributed by atoms with E-state index in [4.69, 9.17) is 4.74 Å². The van der Waals surface area contributed by atoms with E-state index in [1.54, 1.807) is 7.05 Å². The fraction of sp³-hybridized carbons (Fsp3) is 0.474. The van der Waals surface area contributed by atoms with Crippen molar-refractivity contribution in [1.29, 1.82) is 0 Å². The maximum atomic E-state index is 5.49. The van der Waals surface area contributed by atoms with Crippen LogP contribution in [0.3, 0.4) is 0 Å². The van der Waals surface area contributed by atoms with Crippen molar-refractivity contribution in [1.82, 2.24) is 20.0 Å². The second-order valence-corrected chi connectivity index (χ2v) is 6.11. The van der Waals surface area contributed by atoms with Crippen molar-refractivity contribution >= 4 is 5.96 Å². The van der Waals surface area contributed by atoms with E-state index in [-0.39, 0.29) is 0 Å². The average molecular weight is 343 g/mol. The molecule has 0 fully saturated rings. The molecule has 0 atom stereocenters. The number of aryl methyl sites for hydroxylation is 2. The number of nitrogens with one attached hydrogen (secondary N) is 1. The van der Waals surface area contributed by atoms with Gasteiger partial charge in [0.1, 0.15) is 5.75 Å². The van der Waals surface area contributed by atoms with Crippen LogP contribution in [0.4, 0.5) is 0 Å². The Morgan fingerprint density at radius 2 is 1.96 bits per heavy atom. The lowest BCUT2D eigenvalue weighted by molar-refractivity contribution is 0.340. The molecule has 2 rings (SSSR count). The second-order valence-electron chi connectivity index (χ2n) is 6.11. The van der Waals surface area contributed by atoms with Crippen molar-refractivity contribution in [2.45, 2.75) is 33.9 Å². The zero-order chi connectivity index (χ0) is 18.4. The topological polar surface area (TPSA) is 54.7 Å². The van der Waals surface area contributed by atoms with E-state index in [9.17, 15) is 0 Å². The van der Waals surface area contributed by atoms with Crippen molar-refractivity contribution in [3.05, 3.63) is 46.8 Å². The molecule has 0 unspecified atom stereocenters.